The van der Waals surface area contributed by atoms with E-state index in [4.69, 9.17) is 0 Å². The van der Waals surface area contributed by atoms with E-state index in [0.29, 0.717) is 25.9 Å². The Morgan fingerprint density at radius 3 is 2.15 bits per heavy atom. The molecule has 0 spiro atoms. The number of aliphatic hydroxyl groups excluding tert-OH is 2. The Kier molecular flexibility index (Phi) is 10.4. The summed E-state index contributed by atoms with van der Waals surface area (Å²) in [7, 11) is -3.64. The molecule has 1 saturated heterocycles. The zero-order chi connectivity index (χ0) is 28.6. The molecule has 0 aromatic heterocycles. The van der Waals surface area contributed by atoms with Crippen LogP contribution in [-0.2, 0) is 24.4 Å². The first-order valence-electron chi connectivity index (χ1n) is 13.0. The Morgan fingerprint density at radius 2 is 1.56 bits per heavy atom. The Balaban J connectivity index is 1.41. The summed E-state index contributed by atoms with van der Waals surface area (Å²) in [5.74, 6) is -2.17. The van der Waals surface area contributed by atoms with E-state index in [2.05, 4.69) is 10.6 Å². The van der Waals surface area contributed by atoms with Gasteiger partial charge in [0.15, 0.2) is 0 Å². The first-order chi connectivity index (χ1) is 18.5. The number of sulfonamides is 1. The topological polar surface area (TPSA) is 153 Å². The van der Waals surface area contributed by atoms with Gasteiger partial charge < -0.3 is 20.8 Å². The van der Waals surface area contributed by atoms with Gasteiger partial charge in [0.25, 0.3) is 5.91 Å². The smallest absolute Gasteiger partial charge is 0.287 e. The number of hydrogen-bond donors (Lipinski definition) is 4. The summed E-state index contributed by atoms with van der Waals surface area (Å²) in [4.78, 5) is 36.5. The predicted molar refractivity (Wildman–Crippen MR) is 146 cm³/mol. The zero-order valence-corrected chi connectivity index (χ0v) is 23.1. The maximum atomic E-state index is 13.1. The van der Waals surface area contributed by atoms with Crippen molar-refractivity contribution in [2.45, 2.75) is 44.1 Å². The molecule has 2 aromatic rings. The van der Waals surface area contributed by atoms with Crippen LogP contribution in [0.3, 0.4) is 0 Å². The first-order valence-corrected chi connectivity index (χ1v) is 14.4. The molecule has 1 heterocycles. The third-order valence-electron chi connectivity index (χ3n) is 7.02. The number of Topliss-reactive ketones (excluding diaryl/α,β-unsaturated/α-hetero) is 1. The summed E-state index contributed by atoms with van der Waals surface area (Å²) >= 11 is 0. The van der Waals surface area contributed by atoms with Crippen molar-refractivity contribution in [3.05, 3.63) is 54.6 Å². The van der Waals surface area contributed by atoms with Gasteiger partial charge in [-0.25, -0.2) is 8.42 Å². The SMILES string of the molecule is CC(C)(CO)[C@@H](O)C(=O)NCCC(=O)C(=O)NCC1CCN(S(=O)(=O)c2ccc(-c3ccccc3)cc2)CC1. The number of piperidine rings is 1. The quantitative estimate of drug-likeness (QED) is 0.286. The minimum atomic E-state index is -3.64. The Morgan fingerprint density at radius 1 is 0.974 bits per heavy atom. The summed E-state index contributed by atoms with van der Waals surface area (Å²) < 4.78 is 27.7. The number of carbonyl (C=O) groups excluding carboxylic acids is 3. The van der Waals surface area contributed by atoms with E-state index in [1.165, 1.54) is 18.2 Å². The van der Waals surface area contributed by atoms with Gasteiger partial charge in [0.05, 0.1) is 11.5 Å². The second kappa shape index (κ2) is 13.3. The molecule has 39 heavy (non-hydrogen) atoms. The van der Waals surface area contributed by atoms with Gasteiger partial charge in [0, 0.05) is 38.0 Å². The van der Waals surface area contributed by atoms with Gasteiger partial charge in [-0.3, -0.25) is 14.4 Å². The highest BCUT2D eigenvalue weighted by Gasteiger charge is 2.33. The van der Waals surface area contributed by atoms with E-state index in [-0.39, 0.29) is 30.3 Å². The molecular weight excluding hydrogens is 522 g/mol. The Labute approximate surface area is 229 Å². The lowest BCUT2D eigenvalue weighted by molar-refractivity contribution is -0.139. The number of ketones is 1. The van der Waals surface area contributed by atoms with E-state index < -0.39 is 45.7 Å². The third kappa shape index (κ3) is 7.95. The molecular formula is C28H37N3O7S. The van der Waals surface area contributed by atoms with Crippen molar-refractivity contribution in [2.24, 2.45) is 11.3 Å². The molecule has 1 atom stereocenters. The number of carbonyl (C=O) groups is 3. The lowest BCUT2D eigenvalue weighted by Gasteiger charge is -2.31. The molecule has 0 aliphatic carbocycles. The van der Waals surface area contributed by atoms with Crippen LogP contribution >= 0.6 is 0 Å². The first kappa shape index (κ1) is 30.4. The molecule has 11 heteroatoms. The lowest BCUT2D eigenvalue weighted by atomic mass is 9.87. The van der Waals surface area contributed by atoms with Crippen LogP contribution in [0.2, 0.25) is 0 Å². The molecule has 1 fully saturated rings. The van der Waals surface area contributed by atoms with Crippen LogP contribution in [0.15, 0.2) is 59.5 Å². The van der Waals surface area contributed by atoms with Gasteiger partial charge in [0.2, 0.25) is 21.7 Å². The van der Waals surface area contributed by atoms with Crippen molar-refractivity contribution in [3.8, 4) is 11.1 Å². The Hall–Kier alpha value is -3.12. The molecule has 10 nitrogen and oxygen atoms in total. The van der Waals surface area contributed by atoms with Crippen LogP contribution in [0.5, 0.6) is 0 Å². The van der Waals surface area contributed by atoms with Gasteiger partial charge in [-0.15, -0.1) is 0 Å². The molecule has 2 amide bonds. The second-order valence-electron chi connectivity index (χ2n) is 10.5. The van der Waals surface area contributed by atoms with Crippen molar-refractivity contribution in [2.75, 3.05) is 32.8 Å². The summed E-state index contributed by atoms with van der Waals surface area (Å²) in [5, 5.41) is 24.2. The summed E-state index contributed by atoms with van der Waals surface area (Å²) in [6.45, 7) is 3.42. The van der Waals surface area contributed by atoms with Crippen LogP contribution < -0.4 is 10.6 Å². The van der Waals surface area contributed by atoms with E-state index in [0.717, 1.165) is 11.1 Å². The zero-order valence-electron chi connectivity index (χ0n) is 22.3. The fraction of sp³-hybridized carbons (Fsp3) is 0.464. The standard InChI is InChI=1S/C28H37N3O7S/c1-28(2,19-32)25(34)27(36)29-15-12-24(33)26(35)30-18-20-13-16-31(17-14-20)39(37,38)23-10-8-22(9-11-23)21-6-4-3-5-7-21/h3-11,20,25,32,34H,12-19H2,1-2H3,(H,29,36)(H,30,35)/t25-/m0/s1. The maximum Gasteiger partial charge on any atom is 0.287 e. The lowest BCUT2D eigenvalue weighted by Crippen LogP contribution is -2.46. The van der Waals surface area contributed by atoms with Crippen LogP contribution in [0.4, 0.5) is 0 Å². The molecule has 1 aliphatic rings. The van der Waals surface area contributed by atoms with Crippen molar-refractivity contribution < 1.29 is 33.0 Å². The molecule has 0 bridgehead atoms. The molecule has 0 unspecified atom stereocenters. The number of hydrogen-bond acceptors (Lipinski definition) is 7. The van der Waals surface area contributed by atoms with E-state index in [1.807, 2.05) is 30.3 Å². The molecule has 2 aromatic carbocycles. The van der Waals surface area contributed by atoms with Crippen LogP contribution in [0, 0.1) is 11.3 Å². The number of aliphatic hydroxyl groups is 2. The normalized spacial score (nSPS) is 15.9. The molecule has 3 rings (SSSR count). The highest BCUT2D eigenvalue weighted by Crippen LogP contribution is 2.26. The number of rotatable bonds is 12. The Bertz CT molecular complexity index is 1240. The van der Waals surface area contributed by atoms with Crippen molar-refractivity contribution in [1.82, 2.24) is 14.9 Å². The molecule has 1 aliphatic heterocycles. The molecule has 4 N–H and O–H groups in total. The van der Waals surface area contributed by atoms with Crippen molar-refractivity contribution in [3.63, 3.8) is 0 Å². The second-order valence-corrected chi connectivity index (χ2v) is 12.4. The van der Waals surface area contributed by atoms with Crippen LogP contribution in [0.1, 0.15) is 33.1 Å². The van der Waals surface area contributed by atoms with Gasteiger partial charge in [-0.05, 0) is 42.0 Å². The molecule has 212 valence electrons. The van der Waals surface area contributed by atoms with E-state index in [9.17, 15) is 33.0 Å². The summed E-state index contributed by atoms with van der Waals surface area (Å²) in [6.07, 6.45) is -0.590. The van der Waals surface area contributed by atoms with Gasteiger partial charge >= 0.3 is 0 Å². The van der Waals surface area contributed by atoms with Gasteiger partial charge in [-0.2, -0.15) is 4.31 Å². The van der Waals surface area contributed by atoms with E-state index in [1.54, 1.807) is 24.3 Å². The summed E-state index contributed by atoms with van der Waals surface area (Å²) in [5.41, 5.74) is 0.908. The van der Waals surface area contributed by atoms with E-state index >= 15 is 0 Å². The predicted octanol–water partition coefficient (Wildman–Crippen LogP) is 1.33. The minimum absolute atomic E-state index is 0.0317. The summed E-state index contributed by atoms with van der Waals surface area (Å²) in [6, 6.07) is 16.5. The number of amides is 2. The van der Waals surface area contributed by atoms with Crippen molar-refractivity contribution >= 4 is 27.6 Å². The maximum absolute atomic E-state index is 13.1. The number of nitrogens with zero attached hydrogens (tertiary/aromatic N) is 1. The highest BCUT2D eigenvalue weighted by molar-refractivity contribution is 7.89. The largest absolute Gasteiger partial charge is 0.396 e. The fourth-order valence-corrected chi connectivity index (χ4v) is 5.71. The average molecular weight is 560 g/mol. The fourth-order valence-electron chi connectivity index (χ4n) is 4.24. The number of benzene rings is 2. The van der Waals surface area contributed by atoms with Crippen molar-refractivity contribution in [1.29, 1.82) is 0 Å². The number of nitrogens with one attached hydrogen (secondary N) is 2. The van der Waals surface area contributed by atoms with Gasteiger partial charge in [-0.1, -0.05) is 56.3 Å². The minimum Gasteiger partial charge on any atom is -0.396 e. The van der Waals surface area contributed by atoms with Gasteiger partial charge in [0.1, 0.15) is 6.10 Å². The average Bonchev–Trinajstić information content (AvgIpc) is 2.96. The third-order valence-corrected chi connectivity index (χ3v) is 8.94. The molecule has 0 radical (unpaired) electrons. The molecule has 0 saturated carbocycles. The van der Waals surface area contributed by atoms with Crippen LogP contribution in [0.25, 0.3) is 11.1 Å². The van der Waals surface area contributed by atoms with Crippen LogP contribution in [-0.4, -0.2) is 79.4 Å². The monoisotopic (exact) mass is 559 g/mol. The highest BCUT2D eigenvalue weighted by atomic mass is 32.2.